The fourth-order valence-electron chi connectivity index (χ4n) is 2.99. The zero-order chi connectivity index (χ0) is 17.9. The summed E-state index contributed by atoms with van der Waals surface area (Å²) in [5.74, 6) is -0.558. The van der Waals surface area contributed by atoms with E-state index in [1.54, 1.807) is 30.3 Å². The van der Waals surface area contributed by atoms with Crippen molar-refractivity contribution in [3.8, 4) is 0 Å². The summed E-state index contributed by atoms with van der Waals surface area (Å²) < 4.78 is 0. The second-order valence-electron chi connectivity index (χ2n) is 6.33. The lowest BCUT2D eigenvalue weighted by Crippen LogP contribution is -2.48. The Morgan fingerprint density at radius 1 is 0.960 bits per heavy atom. The van der Waals surface area contributed by atoms with Gasteiger partial charge in [0.1, 0.15) is 0 Å². The van der Waals surface area contributed by atoms with Gasteiger partial charge in [-0.3, -0.25) is 9.59 Å². The number of benzene rings is 2. The Bertz CT molecular complexity index is 787. The van der Waals surface area contributed by atoms with Gasteiger partial charge in [-0.1, -0.05) is 42.6 Å². The van der Waals surface area contributed by atoms with Crippen molar-refractivity contribution in [3.05, 3.63) is 59.1 Å². The number of carbonyl (C=O) groups excluding carboxylic acids is 2. The van der Waals surface area contributed by atoms with Crippen LogP contribution in [0.2, 0.25) is 5.02 Å². The third-order valence-electron chi connectivity index (χ3n) is 4.45. The molecule has 0 aromatic heterocycles. The van der Waals surface area contributed by atoms with Crippen LogP contribution < -0.4 is 16.4 Å². The molecule has 2 aromatic carbocycles. The molecule has 1 aliphatic carbocycles. The number of rotatable bonds is 4. The van der Waals surface area contributed by atoms with Crippen LogP contribution in [0, 0.1) is 0 Å². The Labute approximate surface area is 151 Å². The van der Waals surface area contributed by atoms with E-state index in [9.17, 15) is 9.59 Å². The summed E-state index contributed by atoms with van der Waals surface area (Å²) in [6.07, 6.45) is 3.26. The predicted octanol–water partition coefficient (Wildman–Crippen LogP) is 3.80. The Kier molecular flexibility index (Phi) is 5.06. The number of anilines is 2. The minimum atomic E-state index is -0.827. The highest BCUT2D eigenvalue weighted by Gasteiger charge is 2.37. The van der Waals surface area contributed by atoms with Gasteiger partial charge < -0.3 is 16.4 Å². The predicted molar refractivity (Wildman–Crippen MR) is 99.9 cm³/mol. The van der Waals surface area contributed by atoms with Crippen molar-refractivity contribution in [3.63, 3.8) is 0 Å². The molecule has 0 heterocycles. The first-order valence-corrected chi connectivity index (χ1v) is 8.62. The molecule has 5 nitrogen and oxygen atoms in total. The second kappa shape index (κ2) is 7.25. The van der Waals surface area contributed by atoms with Crippen LogP contribution in [0.3, 0.4) is 0 Å². The standard InChI is InChI=1S/C19H20ClN3O2/c20-16-9-8-14(23-18(25)19(21)10-4-5-11-19)12-15(16)17(24)22-13-6-2-1-3-7-13/h1-3,6-9,12H,4-5,10-11,21H2,(H,22,24)(H,23,25). The third-order valence-corrected chi connectivity index (χ3v) is 4.78. The molecule has 1 fully saturated rings. The van der Waals surface area contributed by atoms with Crippen molar-refractivity contribution in [2.24, 2.45) is 5.73 Å². The highest BCUT2D eigenvalue weighted by atomic mass is 35.5. The Balaban J connectivity index is 1.76. The maximum atomic E-state index is 12.5. The molecule has 2 amide bonds. The lowest BCUT2D eigenvalue weighted by Gasteiger charge is -2.22. The first kappa shape index (κ1) is 17.5. The van der Waals surface area contributed by atoms with Crippen LogP contribution >= 0.6 is 11.6 Å². The molecule has 0 aliphatic heterocycles. The molecule has 0 radical (unpaired) electrons. The van der Waals surface area contributed by atoms with Gasteiger partial charge >= 0.3 is 0 Å². The number of para-hydroxylation sites is 1. The summed E-state index contributed by atoms with van der Waals surface area (Å²) in [5, 5.41) is 5.90. The number of halogens is 1. The van der Waals surface area contributed by atoms with Gasteiger partial charge in [0.15, 0.2) is 0 Å². The van der Waals surface area contributed by atoms with E-state index < -0.39 is 5.54 Å². The first-order chi connectivity index (χ1) is 12.0. The molecule has 0 saturated heterocycles. The van der Waals surface area contributed by atoms with Crippen molar-refractivity contribution < 1.29 is 9.59 Å². The number of nitrogens with one attached hydrogen (secondary N) is 2. The van der Waals surface area contributed by atoms with Crippen LogP contribution in [-0.4, -0.2) is 17.4 Å². The van der Waals surface area contributed by atoms with Crippen molar-refractivity contribution in [1.29, 1.82) is 0 Å². The third kappa shape index (κ3) is 4.00. The van der Waals surface area contributed by atoms with Gasteiger partial charge in [-0.15, -0.1) is 0 Å². The van der Waals surface area contributed by atoms with Crippen LogP contribution in [0.4, 0.5) is 11.4 Å². The van der Waals surface area contributed by atoms with E-state index in [1.807, 2.05) is 18.2 Å². The average molecular weight is 358 g/mol. The zero-order valence-corrected chi connectivity index (χ0v) is 14.5. The van der Waals surface area contributed by atoms with Crippen molar-refractivity contribution in [2.45, 2.75) is 31.2 Å². The number of amides is 2. The largest absolute Gasteiger partial charge is 0.324 e. The maximum Gasteiger partial charge on any atom is 0.257 e. The van der Waals surface area contributed by atoms with E-state index in [4.69, 9.17) is 17.3 Å². The molecule has 0 atom stereocenters. The van der Waals surface area contributed by atoms with Gasteiger partial charge in [0, 0.05) is 11.4 Å². The monoisotopic (exact) mass is 357 g/mol. The first-order valence-electron chi connectivity index (χ1n) is 8.24. The molecule has 0 spiro atoms. The molecule has 1 aliphatic rings. The Morgan fingerprint density at radius 2 is 1.64 bits per heavy atom. The van der Waals surface area contributed by atoms with E-state index >= 15 is 0 Å². The summed E-state index contributed by atoms with van der Waals surface area (Å²) >= 11 is 6.15. The van der Waals surface area contributed by atoms with E-state index in [0.717, 1.165) is 12.8 Å². The van der Waals surface area contributed by atoms with Gasteiger partial charge in [-0.25, -0.2) is 0 Å². The SMILES string of the molecule is NC1(C(=O)Nc2ccc(Cl)c(C(=O)Nc3ccccc3)c2)CCCC1. The molecule has 1 saturated carbocycles. The van der Waals surface area contributed by atoms with Gasteiger partial charge in [-0.05, 0) is 43.2 Å². The number of hydrogen-bond donors (Lipinski definition) is 3. The zero-order valence-electron chi connectivity index (χ0n) is 13.7. The molecule has 4 N–H and O–H groups in total. The highest BCUT2D eigenvalue weighted by molar-refractivity contribution is 6.34. The fraction of sp³-hybridized carbons (Fsp3) is 0.263. The van der Waals surface area contributed by atoms with Crippen molar-refractivity contribution >= 4 is 34.8 Å². The summed E-state index contributed by atoms with van der Waals surface area (Å²) in [6, 6.07) is 13.9. The van der Waals surface area contributed by atoms with Crippen LogP contribution in [0.5, 0.6) is 0 Å². The molecule has 0 bridgehead atoms. The van der Waals surface area contributed by atoms with Crippen molar-refractivity contribution in [2.75, 3.05) is 10.6 Å². The van der Waals surface area contributed by atoms with Crippen LogP contribution in [0.15, 0.2) is 48.5 Å². The molecular formula is C19H20ClN3O2. The minimum absolute atomic E-state index is 0.221. The molecule has 6 heteroatoms. The van der Waals surface area contributed by atoms with Crippen molar-refractivity contribution in [1.82, 2.24) is 0 Å². The van der Waals surface area contributed by atoms with Gasteiger partial charge in [0.25, 0.3) is 5.91 Å². The molecular weight excluding hydrogens is 338 g/mol. The fourth-order valence-corrected chi connectivity index (χ4v) is 3.19. The van der Waals surface area contributed by atoms with Crippen LogP contribution in [0.1, 0.15) is 36.0 Å². The Morgan fingerprint density at radius 3 is 2.32 bits per heavy atom. The van der Waals surface area contributed by atoms with Gasteiger partial charge in [0.05, 0.1) is 16.1 Å². The average Bonchev–Trinajstić information content (AvgIpc) is 3.05. The van der Waals surface area contributed by atoms with Gasteiger partial charge in [0.2, 0.25) is 5.91 Å². The second-order valence-corrected chi connectivity index (χ2v) is 6.74. The number of hydrogen-bond acceptors (Lipinski definition) is 3. The minimum Gasteiger partial charge on any atom is -0.324 e. The van der Waals surface area contributed by atoms with E-state index in [1.165, 1.54) is 0 Å². The molecule has 0 unspecified atom stereocenters. The molecule has 3 rings (SSSR count). The van der Waals surface area contributed by atoms with Gasteiger partial charge in [-0.2, -0.15) is 0 Å². The topological polar surface area (TPSA) is 84.2 Å². The quantitative estimate of drug-likeness (QED) is 0.778. The lowest BCUT2D eigenvalue weighted by atomic mass is 9.98. The number of carbonyl (C=O) groups is 2. The summed E-state index contributed by atoms with van der Waals surface area (Å²) in [6.45, 7) is 0. The molecule has 130 valence electrons. The highest BCUT2D eigenvalue weighted by Crippen LogP contribution is 2.29. The van der Waals surface area contributed by atoms with Crippen LogP contribution in [0.25, 0.3) is 0 Å². The molecule has 2 aromatic rings. The normalized spacial score (nSPS) is 15.6. The van der Waals surface area contributed by atoms with Crippen LogP contribution in [-0.2, 0) is 4.79 Å². The summed E-state index contributed by atoms with van der Waals surface area (Å²) in [4.78, 5) is 24.9. The van der Waals surface area contributed by atoms with E-state index in [0.29, 0.717) is 34.8 Å². The summed E-state index contributed by atoms with van der Waals surface area (Å²) in [7, 11) is 0. The lowest BCUT2D eigenvalue weighted by molar-refractivity contribution is -0.121. The smallest absolute Gasteiger partial charge is 0.257 e. The summed E-state index contributed by atoms with van der Waals surface area (Å²) in [5.41, 5.74) is 6.80. The Hall–Kier alpha value is -2.37. The number of nitrogens with two attached hydrogens (primary N) is 1. The van der Waals surface area contributed by atoms with E-state index in [-0.39, 0.29) is 11.8 Å². The molecule has 25 heavy (non-hydrogen) atoms. The maximum absolute atomic E-state index is 12.5. The van der Waals surface area contributed by atoms with E-state index in [2.05, 4.69) is 10.6 Å².